The normalized spacial score (nSPS) is 25.1. The number of hydrogen-bond donors (Lipinski definition) is 1. The highest BCUT2D eigenvalue weighted by Crippen LogP contribution is 2.50. The van der Waals surface area contributed by atoms with Crippen molar-refractivity contribution in [3.8, 4) is 0 Å². The van der Waals surface area contributed by atoms with Crippen LogP contribution in [0.4, 0.5) is 0 Å². The Morgan fingerprint density at radius 1 is 1.26 bits per heavy atom. The Morgan fingerprint density at radius 3 is 2.63 bits per heavy atom. The first-order chi connectivity index (χ1) is 9.28. The van der Waals surface area contributed by atoms with Crippen LogP contribution in [0.15, 0.2) is 30.3 Å². The molecule has 1 unspecified atom stereocenters. The van der Waals surface area contributed by atoms with E-state index in [1.54, 1.807) is 0 Å². The molecular weight excluding hydrogens is 238 g/mol. The maximum Gasteiger partial charge on any atom is 0.233 e. The van der Waals surface area contributed by atoms with Gasteiger partial charge in [0.05, 0.1) is 18.1 Å². The zero-order valence-electron chi connectivity index (χ0n) is 11.2. The zero-order valence-corrected chi connectivity index (χ0v) is 11.2. The second-order valence-electron chi connectivity index (χ2n) is 5.78. The first kappa shape index (κ1) is 12.7. The van der Waals surface area contributed by atoms with E-state index in [-0.39, 0.29) is 24.0 Å². The third-order valence-corrected chi connectivity index (χ3v) is 4.58. The predicted octanol–water partition coefficient (Wildman–Crippen LogP) is 2.09. The zero-order chi connectivity index (χ0) is 13.3. The van der Waals surface area contributed by atoms with E-state index in [2.05, 4.69) is 12.1 Å². The minimum absolute atomic E-state index is 0.0300. The van der Waals surface area contributed by atoms with Crippen molar-refractivity contribution in [1.29, 1.82) is 0 Å². The standard InChI is InChI=1S/C16H21NO2/c18-12-14-8-4-5-11-17(14)15(19)16(9-10-16)13-6-2-1-3-7-13/h1-3,6-7,14,18H,4-5,8-12H2. The number of likely N-dealkylation sites (tertiary alicyclic amines) is 1. The van der Waals surface area contributed by atoms with Crippen molar-refractivity contribution in [3.63, 3.8) is 0 Å². The van der Waals surface area contributed by atoms with Crippen molar-refractivity contribution in [1.82, 2.24) is 4.90 Å². The number of rotatable bonds is 3. The van der Waals surface area contributed by atoms with E-state index >= 15 is 0 Å². The van der Waals surface area contributed by atoms with Gasteiger partial charge in [-0.3, -0.25) is 4.79 Å². The Labute approximate surface area is 114 Å². The second-order valence-corrected chi connectivity index (χ2v) is 5.78. The molecule has 0 aromatic heterocycles. The van der Waals surface area contributed by atoms with E-state index in [0.29, 0.717) is 0 Å². The van der Waals surface area contributed by atoms with Gasteiger partial charge >= 0.3 is 0 Å². The lowest BCUT2D eigenvalue weighted by atomic mass is 9.92. The molecule has 1 amide bonds. The summed E-state index contributed by atoms with van der Waals surface area (Å²) < 4.78 is 0. The molecule has 1 aliphatic heterocycles. The number of aliphatic hydroxyl groups excluding tert-OH is 1. The Bertz CT molecular complexity index is 453. The highest BCUT2D eigenvalue weighted by Gasteiger charge is 2.53. The highest BCUT2D eigenvalue weighted by molar-refractivity contribution is 5.91. The Morgan fingerprint density at radius 2 is 2.00 bits per heavy atom. The quantitative estimate of drug-likeness (QED) is 0.903. The molecule has 3 nitrogen and oxygen atoms in total. The molecular formula is C16H21NO2. The van der Waals surface area contributed by atoms with Crippen molar-refractivity contribution >= 4 is 5.91 Å². The average molecular weight is 259 g/mol. The van der Waals surface area contributed by atoms with Crippen LogP contribution in [0.3, 0.4) is 0 Å². The molecule has 1 N–H and O–H groups in total. The molecule has 2 aliphatic rings. The van der Waals surface area contributed by atoms with Crippen LogP contribution in [0.1, 0.15) is 37.7 Å². The van der Waals surface area contributed by atoms with Gasteiger partial charge in [-0.15, -0.1) is 0 Å². The molecule has 1 aromatic rings. The van der Waals surface area contributed by atoms with E-state index in [9.17, 15) is 9.90 Å². The number of piperidine rings is 1. The summed E-state index contributed by atoms with van der Waals surface area (Å²) in [5.74, 6) is 0.234. The molecule has 0 radical (unpaired) electrons. The molecule has 19 heavy (non-hydrogen) atoms. The van der Waals surface area contributed by atoms with Crippen molar-refractivity contribution in [2.75, 3.05) is 13.2 Å². The fraction of sp³-hybridized carbons (Fsp3) is 0.562. The Balaban J connectivity index is 1.83. The number of benzene rings is 1. The summed E-state index contributed by atoms with van der Waals surface area (Å²) >= 11 is 0. The molecule has 0 bridgehead atoms. The number of nitrogens with zero attached hydrogens (tertiary/aromatic N) is 1. The first-order valence-corrected chi connectivity index (χ1v) is 7.25. The van der Waals surface area contributed by atoms with E-state index in [0.717, 1.165) is 44.2 Å². The molecule has 1 aliphatic carbocycles. The molecule has 1 saturated heterocycles. The van der Waals surface area contributed by atoms with Crippen LogP contribution in [0.25, 0.3) is 0 Å². The topological polar surface area (TPSA) is 40.5 Å². The fourth-order valence-electron chi connectivity index (χ4n) is 3.24. The van der Waals surface area contributed by atoms with Crippen molar-refractivity contribution < 1.29 is 9.90 Å². The molecule has 2 fully saturated rings. The Hall–Kier alpha value is -1.35. The lowest BCUT2D eigenvalue weighted by Crippen LogP contribution is -2.49. The van der Waals surface area contributed by atoms with Gasteiger partial charge in [0, 0.05) is 6.54 Å². The molecule has 1 saturated carbocycles. The van der Waals surface area contributed by atoms with Crippen LogP contribution in [0.5, 0.6) is 0 Å². The van der Waals surface area contributed by atoms with E-state index in [1.807, 2.05) is 23.1 Å². The monoisotopic (exact) mass is 259 g/mol. The molecule has 3 heteroatoms. The smallest absolute Gasteiger partial charge is 0.233 e. The van der Waals surface area contributed by atoms with Gasteiger partial charge in [-0.2, -0.15) is 0 Å². The van der Waals surface area contributed by atoms with Crippen LogP contribution in [0.2, 0.25) is 0 Å². The van der Waals surface area contributed by atoms with Gasteiger partial charge in [0.1, 0.15) is 0 Å². The lowest BCUT2D eigenvalue weighted by Gasteiger charge is -2.37. The van der Waals surface area contributed by atoms with Crippen molar-refractivity contribution in [3.05, 3.63) is 35.9 Å². The Kier molecular flexibility index (Phi) is 3.31. The maximum atomic E-state index is 12.9. The summed E-state index contributed by atoms with van der Waals surface area (Å²) in [6, 6.07) is 10.1. The molecule has 1 atom stereocenters. The SMILES string of the molecule is O=C(N1CCCCC1CO)C1(c2ccccc2)CC1. The maximum absolute atomic E-state index is 12.9. The van der Waals surface area contributed by atoms with Gasteiger partial charge in [-0.1, -0.05) is 30.3 Å². The molecule has 1 aromatic carbocycles. The first-order valence-electron chi connectivity index (χ1n) is 7.25. The van der Waals surface area contributed by atoms with Crippen LogP contribution < -0.4 is 0 Å². The van der Waals surface area contributed by atoms with E-state index in [4.69, 9.17) is 0 Å². The number of carbonyl (C=O) groups excluding carboxylic acids is 1. The van der Waals surface area contributed by atoms with E-state index in [1.165, 1.54) is 0 Å². The average Bonchev–Trinajstić information content (AvgIpc) is 3.29. The minimum Gasteiger partial charge on any atom is -0.394 e. The summed E-state index contributed by atoms with van der Waals surface area (Å²) in [5, 5.41) is 9.47. The molecule has 3 rings (SSSR count). The molecule has 102 valence electrons. The third-order valence-electron chi connectivity index (χ3n) is 4.58. The summed E-state index contributed by atoms with van der Waals surface area (Å²) in [6.07, 6.45) is 5.02. The van der Waals surface area contributed by atoms with Crippen LogP contribution in [0, 0.1) is 0 Å². The van der Waals surface area contributed by atoms with Crippen LogP contribution in [-0.4, -0.2) is 35.1 Å². The largest absolute Gasteiger partial charge is 0.394 e. The van der Waals surface area contributed by atoms with Crippen LogP contribution >= 0.6 is 0 Å². The summed E-state index contributed by atoms with van der Waals surface area (Å²) in [6.45, 7) is 0.898. The van der Waals surface area contributed by atoms with Gasteiger partial charge < -0.3 is 10.0 Å². The van der Waals surface area contributed by atoms with Gasteiger partial charge in [0.15, 0.2) is 0 Å². The number of hydrogen-bond acceptors (Lipinski definition) is 2. The number of amides is 1. The predicted molar refractivity (Wildman–Crippen MR) is 73.8 cm³/mol. The summed E-state index contributed by atoms with van der Waals surface area (Å²) in [4.78, 5) is 14.8. The summed E-state index contributed by atoms with van der Waals surface area (Å²) in [5.41, 5.74) is 0.855. The third kappa shape index (κ3) is 2.16. The second kappa shape index (κ2) is 4.97. The molecule has 0 spiro atoms. The minimum atomic E-state index is -0.286. The number of aliphatic hydroxyl groups is 1. The number of carbonyl (C=O) groups is 1. The van der Waals surface area contributed by atoms with Gasteiger partial charge in [-0.25, -0.2) is 0 Å². The van der Waals surface area contributed by atoms with Crippen LogP contribution in [-0.2, 0) is 10.2 Å². The lowest BCUT2D eigenvalue weighted by molar-refractivity contribution is -0.138. The highest BCUT2D eigenvalue weighted by atomic mass is 16.3. The molecule has 1 heterocycles. The fourth-order valence-corrected chi connectivity index (χ4v) is 3.24. The van der Waals surface area contributed by atoms with Gasteiger partial charge in [0.2, 0.25) is 5.91 Å². The van der Waals surface area contributed by atoms with Crippen molar-refractivity contribution in [2.45, 2.75) is 43.6 Å². The summed E-state index contributed by atoms with van der Waals surface area (Å²) in [7, 11) is 0. The van der Waals surface area contributed by atoms with Gasteiger partial charge in [0.25, 0.3) is 0 Å². The van der Waals surface area contributed by atoms with E-state index < -0.39 is 0 Å². The van der Waals surface area contributed by atoms with Gasteiger partial charge in [-0.05, 0) is 37.7 Å². The van der Waals surface area contributed by atoms with Crippen molar-refractivity contribution in [2.24, 2.45) is 0 Å².